The van der Waals surface area contributed by atoms with Crippen molar-refractivity contribution in [2.45, 2.75) is 19.1 Å². The van der Waals surface area contributed by atoms with E-state index in [4.69, 9.17) is 10.8 Å². The van der Waals surface area contributed by atoms with Crippen LogP contribution in [-0.4, -0.2) is 22.2 Å². The van der Waals surface area contributed by atoms with Crippen LogP contribution in [0.25, 0.3) is 0 Å². The monoisotopic (exact) mass is 213 g/mol. The molecule has 2 atom stereocenters. The molecule has 5 heteroatoms. The molecular weight excluding hydrogens is 201 g/mol. The third-order valence-corrected chi connectivity index (χ3v) is 2.03. The topological polar surface area (TPSA) is 83.5 Å². The Labute approximate surface area is 86.1 Å². The molecule has 1 rings (SSSR count). The van der Waals surface area contributed by atoms with Crippen LogP contribution >= 0.6 is 0 Å². The Morgan fingerprint density at radius 2 is 2.07 bits per heavy atom. The molecular formula is C10H12FNO3. The van der Waals surface area contributed by atoms with Crippen molar-refractivity contribution in [1.82, 2.24) is 0 Å². The lowest BCUT2D eigenvalue weighted by Gasteiger charge is -2.15. The molecule has 0 aromatic heterocycles. The van der Waals surface area contributed by atoms with Crippen LogP contribution in [0, 0.1) is 12.7 Å². The Kier molecular flexibility index (Phi) is 3.39. The molecule has 2 unspecified atom stereocenters. The lowest BCUT2D eigenvalue weighted by Crippen LogP contribution is -2.36. The number of halogens is 1. The van der Waals surface area contributed by atoms with Crippen molar-refractivity contribution in [2.75, 3.05) is 0 Å². The molecule has 1 aromatic rings. The highest BCUT2D eigenvalue weighted by molar-refractivity contribution is 5.74. The zero-order valence-corrected chi connectivity index (χ0v) is 8.14. The Bertz CT molecular complexity index is 361. The van der Waals surface area contributed by atoms with Gasteiger partial charge in [0.15, 0.2) is 0 Å². The van der Waals surface area contributed by atoms with Gasteiger partial charge in [-0.3, -0.25) is 4.79 Å². The van der Waals surface area contributed by atoms with E-state index in [1.807, 2.05) is 0 Å². The van der Waals surface area contributed by atoms with Crippen molar-refractivity contribution < 1.29 is 19.4 Å². The highest BCUT2D eigenvalue weighted by Crippen LogP contribution is 2.18. The van der Waals surface area contributed by atoms with Crippen LogP contribution in [0.1, 0.15) is 17.2 Å². The molecule has 4 N–H and O–H groups in total. The summed E-state index contributed by atoms with van der Waals surface area (Å²) in [6.45, 7) is 1.64. The summed E-state index contributed by atoms with van der Waals surface area (Å²) in [6, 6.07) is 2.39. The number of hydrogen-bond acceptors (Lipinski definition) is 3. The number of rotatable bonds is 3. The van der Waals surface area contributed by atoms with E-state index in [2.05, 4.69) is 0 Å². The second-order valence-electron chi connectivity index (χ2n) is 3.37. The summed E-state index contributed by atoms with van der Waals surface area (Å²) in [6.07, 6.45) is -1.41. The molecule has 0 radical (unpaired) electrons. The van der Waals surface area contributed by atoms with Crippen LogP contribution in [0.4, 0.5) is 4.39 Å². The van der Waals surface area contributed by atoms with Gasteiger partial charge < -0.3 is 15.9 Å². The third kappa shape index (κ3) is 2.74. The van der Waals surface area contributed by atoms with E-state index in [1.54, 1.807) is 6.92 Å². The average molecular weight is 213 g/mol. The predicted octanol–water partition coefficient (Wildman–Crippen LogP) is 0.579. The molecule has 0 bridgehead atoms. The molecule has 0 saturated carbocycles. The van der Waals surface area contributed by atoms with Gasteiger partial charge in [-0.05, 0) is 30.2 Å². The number of benzene rings is 1. The van der Waals surface area contributed by atoms with Gasteiger partial charge in [0.1, 0.15) is 18.0 Å². The maximum Gasteiger partial charge on any atom is 0.323 e. The molecule has 0 aliphatic rings. The smallest absolute Gasteiger partial charge is 0.323 e. The van der Waals surface area contributed by atoms with Crippen molar-refractivity contribution >= 4 is 5.97 Å². The number of aliphatic hydroxyl groups excluding tert-OH is 1. The van der Waals surface area contributed by atoms with Crippen molar-refractivity contribution in [3.63, 3.8) is 0 Å². The number of aryl methyl sites for hydroxylation is 1. The van der Waals surface area contributed by atoms with Crippen molar-refractivity contribution in [3.05, 3.63) is 35.1 Å². The summed E-state index contributed by atoms with van der Waals surface area (Å²) in [5.41, 5.74) is 5.99. The first kappa shape index (κ1) is 11.6. The van der Waals surface area contributed by atoms with Crippen molar-refractivity contribution in [3.8, 4) is 0 Å². The highest BCUT2D eigenvalue weighted by Gasteiger charge is 2.23. The van der Waals surface area contributed by atoms with Gasteiger partial charge in [-0.2, -0.15) is 0 Å². The summed E-state index contributed by atoms with van der Waals surface area (Å²) in [7, 11) is 0. The minimum Gasteiger partial charge on any atom is -0.480 e. The SMILES string of the molecule is Cc1cc(F)cc(C(O)C(N)C(=O)O)c1. The molecule has 0 spiro atoms. The van der Waals surface area contributed by atoms with Gasteiger partial charge in [0, 0.05) is 0 Å². The number of hydrogen-bond donors (Lipinski definition) is 3. The predicted molar refractivity (Wildman–Crippen MR) is 51.7 cm³/mol. The Morgan fingerprint density at radius 1 is 1.47 bits per heavy atom. The first-order valence-corrected chi connectivity index (χ1v) is 4.35. The zero-order chi connectivity index (χ0) is 11.6. The van der Waals surface area contributed by atoms with Crippen LogP contribution in [0.5, 0.6) is 0 Å². The molecule has 0 amide bonds. The van der Waals surface area contributed by atoms with Crippen LogP contribution < -0.4 is 5.73 Å². The van der Waals surface area contributed by atoms with Crippen LogP contribution in [0.3, 0.4) is 0 Å². The standard InChI is InChI=1S/C10H12FNO3/c1-5-2-6(4-7(11)3-5)9(13)8(12)10(14)15/h2-4,8-9,13H,12H2,1H3,(H,14,15). The van der Waals surface area contributed by atoms with E-state index in [9.17, 15) is 14.3 Å². The Morgan fingerprint density at radius 3 is 2.53 bits per heavy atom. The second-order valence-corrected chi connectivity index (χ2v) is 3.37. The largest absolute Gasteiger partial charge is 0.480 e. The summed E-state index contributed by atoms with van der Waals surface area (Å²) in [5, 5.41) is 18.1. The van der Waals surface area contributed by atoms with E-state index in [-0.39, 0.29) is 5.56 Å². The minimum atomic E-state index is -1.45. The number of carboxylic acids is 1. The molecule has 0 aliphatic heterocycles. The number of carbonyl (C=O) groups is 1. The lowest BCUT2D eigenvalue weighted by atomic mass is 10.0. The van der Waals surface area contributed by atoms with Crippen LogP contribution in [0.15, 0.2) is 18.2 Å². The van der Waals surface area contributed by atoms with Gasteiger partial charge >= 0.3 is 5.97 Å². The van der Waals surface area contributed by atoms with Crippen LogP contribution in [0.2, 0.25) is 0 Å². The Balaban J connectivity index is 3.00. The molecule has 0 saturated heterocycles. The molecule has 15 heavy (non-hydrogen) atoms. The number of aliphatic carboxylic acids is 1. The van der Waals surface area contributed by atoms with Gasteiger partial charge in [0.25, 0.3) is 0 Å². The average Bonchev–Trinajstić information content (AvgIpc) is 2.13. The molecule has 0 heterocycles. The van der Waals surface area contributed by atoms with Crippen molar-refractivity contribution in [2.24, 2.45) is 5.73 Å². The summed E-state index contributed by atoms with van der Waals surface area (Å²) in [4.78, 5) is 10.5. The number of aliphatic hydroxyl groups is 1. The molecule has 82 valence electrons. The highest BCUT2D eigenvalue weighted by atomic mass is 19.1. The lowest BCUT2D eigenvalue weighted by molar-refractivity contribution is -0.141. The van der Waals surface area contributed by atoms with E-state index in [1.165, 1.54) is 12.1 Å². The number of carboxylic acid groups (broad SMARTS) is 1. The van der Waals surface area contributed by atoms with E-state index < -0.39 is 23.9 Å². The van der Waals surface area contributed by atoms with E-state index in [0.29, 0.717) is 5.56 Å². The fourth-order valence-electron chi connectivity index (χ4n) is 1.28. The molecule has 0 aliphatic carbocycles. The Hall–Kier alpha value is -1.46. The van der Waals surface area contributed by atoms with E-state index >= 15 is 0 Å². The quantitative estimate of drug-likeness (QED) is 0.685. The summed E-state index contributed by atoms with van der Waals surface area (Å²) < 4.78 is 13.0. The first-order valence-electron chi connectivity index (χ1n) is 4.35. The fourth-order valence-corrected chi connectivity index (χ4v) is 1.28. The maximum atomic E-state index is 13.0. The van der Waals surface area contributed by atoms with Gasteiger partial charge in [-0.1, -0.05) is 6.07 Å². The molecule has 4 nitrogen and oxygen atoms in total. The summed E-state index contributed by atoms with van der Waals surface area (Å²) >= 11 is 0. The minimum absolute atomic E-state index is 0.169. The third-order valence-electron chi connectivity index (χ3n) is 2.03. The van der Waals surface area contributed by atoms with E-state index in [0.717, 1.165) is 6.07 Å². The van der Waals surface area contributed by atoms with Gasteiger partial charge in [-0.15, -0.1) is 0 Å². The van der Waals surface area contributed by atoms with Crippen molar-refractivity contribution in [1.29, 1.82) is 0 Å². The van der Waals surface area contributed by atoms with Crippen LogP contribution in [-0.2, 0) is 4.79 Å². The van der Waals surface area contributed by atoms with Gasteiger partial charge in [0.2, 0.25) is 0 Å². The molecule has 0 fully saturated rings. The van der Waals surface area contributed by atoms with Gasteiger partial charge in [-0.25, -0.2) is 4.39 Å². The number of nitrogens with two attached hydrogens (primary N) is 1. The zero-order valence-electron chi connectivity index (χ0n) is 8.14. The van der Waals surface area contributed by atoms with Gasteiger partial charge in [0.05, 0.1) is 0 Å². The summed E-state index contributed by atoms with van der Waals surface area (Å²) in [5.74, 6) is -1.86. The maximum absolute atomic E-state index is 13.0. The second kappa shape index (κ2) is 4.37. The molecule has 1 aromatic carbocycles. The first-order chi connectivity index (χ1) is 6.91. The fraction of sp³-hybridized carbons (Fsp3) is 0.300. The normalized spacial score (nSPS) is 14.7.